The first-order valence-corrected chi connectivity index (χ1v) is 6.68. The Labute approximate surface area is 124 Å². The molecule has 0 heterocycles. The highest BCUT2D eigenvalue weighted by molar-refractivity contribution is 5.38. The first-order chi connectivity index (χ1) is 9.65. The van der Waals surface area contributed by atoms with Gasteiger partial charge in [-0.05, 0) is 51.2 Å². The van der Waals surface area contributed by atoms with Crippen LogP contribution in [-0.4, -0.2) is 4.90 Å². The van der Waals surface area contributed by atoms with Crippen LogP contribution >= 0.6 is 0 Å². The molecule has 0 bridgehead atoms. The Bertz CT molecular complexity index is 482. The summed E-state index contributed by atoms with van der Waals surface area (Å²) in [6.45, 7) is 17.7. The summed E-state index contributed by atoms with van der Waals surface area (Å²) in [5.74, 6) is 0. The number of allylic oxidation sites excluding steroid dienone is 10. The average Bonchev–Trinajstić information content (AvgIpc) is 2.43. The van der Waals surface area contributed by atoms with Crippen molar-refractivity contribution in [3.63, 3.8) is 0 Å². The molecule has 0 aliphatic rings. The highest BCUT2D eigenvalue weighted by Gasteiger charge is 2.11. The Morgan fingerprint density at radius 2 is 1.50 bits per heavy atom. The van der Waals surface area contributed by atoms with Gasteiger partial charge in [0.1, 0.15) is 0 Å². The molecule has 0 aromatic heterocycles. The van der Waals surface area contributed by atoms with Gasteiger partial charge in [-0.25, -0.2) is 0 Å². The maximum absolute atomic E-state index is 4.12. The third-order valence-corrected chi connectivity index (χ3v) is 2.46. The molecular weight excluding hydrogens is 242 g/mol. The van der Waals surface area contributed by atoms with Crippen LogP contribution in [0.2, 0.25) is 0 Å². The molecule has 0 saturated carbocycles. The number of nitrogens with zero attached hydrogens (tertiary/aromatic N) is 1. The lowest BCUT2D eigenvalue weighted by molar-refractivity contribution is 0.581. The fourth-order valence-electron chi connectivity index (χ4n) is 1.67. The van der Waals surface area contributed by atoms with Crippen molar-refractivity contribution in [2.75, 3.05) is 0 Å². The molecule has 0 amide bonds. The van der Waals surface area contributed by atoms with Crippen LogP contribution in [0.3, 0.4) is 0 Å². The average molecular weight is 267 g/mol. The fourth-order valence-corrected chi connectivity index (χ4v) is 1.67. The molecule has 0 radical (unpaired) electrons. The van der Waals surface area contributed by atoms with Crippen molar-refractivity contribution in [3.8, 4) is 0 Å². The molecular formula is C19H25N. The second kappa shape index (κ2) is 10.6. The van der Waals surface area contributed by atoms with Crippen LogP contribution in [0.25, 0.3) is 0 Å². The van der Waals surface area contributed by atoms with E-state index in [1.165, 1.54) is 0 Å². The summed E-state index contributed by atoms with van der Waals surface area (Å²) < 4.78 is 0. The Balaban J connectivity index is 5.92. The minimum atomic E-state index is 0.870. The van der Waals surface area contributed by atoms with E-state index in [2.05, 4.69) is 19.7 Å². The van der Waals surface area contributed by atoms with Gasteiger partial charge in [0.05, 0.1) is 0 Å². The molecule has 0 fully saturated rings. The lowest BCUT2D eigenvalue weighted by Gasteiger charge is -2.27. The highest BCUT2D eigenvalue weighted by Crippen LogP contribution is 2.22. The van der Waals surface area contributed by atoms with Gasteiger partial charge >= 0.3 is 0 Å². The van der Waals surface area contributed by atoms with Gasteiger partial charge in [-0.3, -0.25) is 0 Å². The van der Waals surface area contributed by atoms with E-state index in [-0.39, 0.29) is 0 Å². The fraction of sp³-hybridized carbons (Fsp3) is 0.158. The van der Waals surface area contributed by atoms with Gasteiger partial charge in [0.15, 0.2) is 0 Å². The topological polar surface area (TPSA) is 3.24 Å². The molecule has 0 atom stereocenters. The van der Waals surface area contributed by atoms with E-state index in [9.17, 15) is 0 Å². The minimum absolute atomic E-state index is 0.870. The van der Waals surface area contributed by atoms with Crippen LogP contribution < -0.4 is 0 Å². The van der Waals surface area contributed by atoms with Gasteiger partial charge in [-0.1, -0.05) is 50.1 Å². The van der Waals surface area contributed by atoms with Crippen molar-refractivity contribution in [2.24, 2.45) is 0 Å². The monoisotopic (exact) mass is 267 g/mol. The van der Waals surface area contributed by atoms with Crippen LogP contribution in [-0.2, 0) is 0 Å². The SMILES string of the molecule is C=C/C=C(\C=C/C)N(C(=C)/C=C\C)/C(C=C)=C/C=C\C. The van der Waals surface area contributed by atoms with E-state index < -0.39 is 0 Å². The molecule has 0 unspecified atom stereocenters. The Morgan fingerprint density at radius 3 is 1.95 bits per heavy atom. The Hall–Kier alpha value is -2.28. The zero-order valence-electron chi connectivity index (χ0n) is 12.8. The normalized spacial score (nSPS) is 13.3. The highest BCUT2D eigenvalue weighted by atomic mass is 15.2. The maximum atomic E-state index is 4.12. The lowest BCUT2D eigenvalue weighted by Crippen LogP contribution is -2.18. The van der Waals surface area contributed by atoms with Crippen LogP contribution in [0.1, 0.15) is 20.8 Å². The van der Waals surface area contributed by atoms with Crippen molar-refractivity contribution in [1.29, 1.82) is 0 Å². The molecule has 0 N–H and O–H groups in total. The second-order valence-corrected chi connectivity index (χ2v) is 3.98. The van der Waals surface area contributed by atoms with Gasteiger partial charge in [0.2, 0.25) is 0 Å². The first-order valence-electron chi connectivity index (χ1n) is 6.68. The van der Waals surface area contributed by atoms with E-state index >= 15 is 0 Å². The van der Waals surface area contributed by atoms with Gasteiger partial charge in [0, 0.05) is 17.1 Å². The summed E-state index contributed by atoms with van der Waals surface area (Å²) in [5.41, 5.74) is 2.81. The zero-order valence-corrected chi connectivity index (χ0v) is 12.8. The molecule has 0 rings (SSSR count). The quantitative estimate of drug-likeness (QED) is 0.512. The van der Waals surface area contributed by atoms with Crippen molar-refractivity contribution in [1.82, 2.24) is 4.90 Å². The Kier molecular flexibility index (Phi) is 9.41. The minimum Gasteiger partial charge on any atom is -0.311 e. The molecule has 0 spiro atoms. The molecule has 1 heteroatoms. The van der Waals surface area contributed by atoms with E-state index in [0.717, 1.165) is 17.1 Å². The van der Waals surface area contributed by atoms with E-state index in [4.69, 9.17) is 0 Å². The molecule has 20 heavy (non-hydrogen) atoms. The molecule has 0 saturated heterocycles. The third-order valence-electron chi connectivity index (χ3n) is 2.46. The molecule has 1 nitrogen and oxygen atoms in total. The van der Waals surface area contributed by atoms with Gasteiger partial charge in [0.25, 0.3) is 0 Å². The summed E-state index contributed by atoms with van der Waals surface area (Å²) in [6, 6.07) is 0. The zero-order chi connectivity index (χ0) is 15.4. The smallest absolute Gasteiger partial charge is 0.0457 e. The standard InChI is InChI=1S/C19H25N/c1-7-12-16-18(11-5)20(17(6)13-8-2)19(14-9-3)15-10-4/h7-16H,3,5-6H2,1-2,4H3/b12-7-,13-8-,15-10-,18-16+,19-14+. The Morgan fingerprint density at radius 1 is 0.850 bits per heavy atom. The molecule has 0 aromatic rings. The molecule has 0 aromatic carbocycles. The van der Waals surface area contributed by atoms with Gasteiger partial charge in [-0.2, -0.15) is 0 Å². The summed E-state index contributed by atoms with van der Waals surface area (Å²) in [6.07, 6.45) is 19.4. The van der Waals surface area contributed by atoms with Gasteiger partial charge < -0.3 is 4.90 Å². The van der Waals surface area contributed by atoms with Crippen molar-refractivity contribution < 1.29 is 0 Å². The largest absolute Gasteiger partial charge is 0.311 e. The predicted octanol–water partition coefficient (Wildman–Crippen LogP) is 5.67. The maximum Gasteiger partial charge on any atom is 0.0457 e. The summed E-state index contributed by atoms with van der Waals surface area (Å²) in [4.78, 5) is 2.04. The van der Waals surface area contributed by atoms with Crippen LogP contribution in [0.5, 0.6) is 0 Å². The summed E-state index contributed by atoms with van der Waals surface area (Å²) in [5, 5.41) is 0. The number of hydrogen-bond acceptors (Lipinski definition) is 1. The van der Waals surface area contributed by atoms with E-state index in [0.29, 0.717) is 0 Å². The molecule has 106 valence electrons. The second-order valence-electron chi connectivity index (χ2n) is 3.98. The summed E-state index contributed by atoms with van der Waals surface area (Å²) >= 11 is 0. The third kappa shape index (κ3) is 5.57. The number of rotatable bonds is 8. The predicted molar refractivity (Wildman–Crippen MR) is 92.0 cm³/mol. The van der Waals surface area contributed by atoms with Crippen LogP contribution in [0, 0.1) is 0 Å². The van der Waals surface area contributed by atoms with Crippen molar-refractivity contribution in [2.45, 2.75) is 20.8 Å². The molecule has 0 aliphatic carbocycles. The van der Waals surface area contributed by atoms with E-state index in [1.807, 2.05) is 80.4 Å². The number of hydrogen-bond donors (Lipinski definition) is 0. The molecule has 0 aliphatic heterocycles. The van der Waals surface area contributed by atoms with Crippen molar-refractivity contribution in [3.05, 3.63) is 97.6 Å². The summed E-state index contributed by atoms with van der Waals surface area (Å²) in [7, 11) is 0. The van der Waals surface area contributed by atoms with Crippen molar-refractivity contribution >= 4 is 0 Å². The van der Waals surface area contributed by atoms with Crippen LogP contribution in [0.4, 0.5) is 0 Å². The van der Waals surface area contributed by atoms with E-state index in [1.54, 1.807) is 6.08 Å². The van der Waals surface area contributed by atoms with Crippen LogP contribution in [0.15, 0.2) is 97.6 Å². The van der Waals surface area contributed by atoms with Gasteiger partial charge in [-0.15, -0.1) is 0 Å². The first kappa shape index (κ1) is 17.7. The lowest BCUT2D eigenvalue weighted by atomic mass is 10.2.